The summed E-state index contributed by atoms with van der Waals surface area (Å²) in [6.07, 6.45) is 3.29. The molecular formula is C28H25Cl2N3O4. The van der Waals surface area contributed by atoms with Gasteiger partial charge >= 0.3 is 5.97 Å². The number of ether oxygens (including phenoxy) is 2. The maximum Gasteiger partial charge on any atom is 0.340 e. The molecule has 0 aliphatic heterocycles. The van der Waals surface area contributed by atoms with Gasteiger partial charge in [0, 0.05) is 46.4 Å². The van der Waals surface area contributed by atoms with E-state index in [0.29, 0.717) is 27.1 Å². The van der Waals surface area contributed by atoms with Crippen molar-refractivity contribution >= 4 is 51.6 Å². The molecular weight excluding hydrogens is 513 g/mol. The summed E-state index contributed by atoms with van der Waals surface area (Å²) in [4.78, 5) is 32.4. The molecule has 7 nitrogen and oxygen atoms in total. The lowest BCUT2D eigenvalue weighted by Gasteiger charge is -2.16. The van der Waals surface area contributed by atoms with Crippen LogP contribution in [0.5, 0.6) is 5.88 Å². The normalized spacial score (nSPS) is 11.9. The minimum absolute atomic E-state index is 0.0957. The van der Waals surface area contributed by atoms with Gasteiger partial charge < -0.3 is 20.2 Å². The number of benzene rings is 2. The van der Waals surface area contributed by atoms with E-state index < -0.39 is 5.97 Å². The second-order valence-electron chi connectivity index (χ2n) is 8.64. The summed E-state index contributed by atoms with van der Waals surface area (Å²) in [5.74, 6) is -0.555. The van der Waals surface area contributed by atoms with Crippen molar-refractivity contribution in [3.05, 3.63) is 87.7 Å². The summed E-state index contributed by atoms with van der Waals surface area (Å²) in [6.45, 7) is 3.47. The number of hydrogen-bond acceptors (Lipinski definition) is 6. The number of rotatable bonds is 8. The van der Waals surface area contributed by atoms with Crippen LogP contribution in [0, 0.1) is 5.92 Å². The predicted octanol–water partition coefficient (Wildman–Crippen LogP) is 6.30. The van der Waals surface area contributed by atoms with Crippen molar-refractivity contribution in [1.29, 1.82) is 0 Å². The maximum atomic E-state index is 13.0. The van der Waals surface area contributed by atoms with Crippen molar-refractivity contribution in [2.75, 3.05) is 13.7 Å². The number of halogens is 2. The lowest BCUT2D eigenvalue weighted by atomic mass is 9.97. The van der Waals surface area contributed by atoms with E-state index in [1.807, 2.05) is 24.3 Å². The van der Waals surface area contributed by atoms with Gasteiger partial charge in [-0.05, 0) is 29.8 Å². The molecule has 0 unspecified atom stereocenters. The summed E-state index contributed by atoms with van der Waals surface area (Å²) >= 11 is 12.6. The summed E-state index contributed by atoms with van der Waals surface area (Å²) in [5, 5.41) is 1.47. The van der Waals surface area contributed by atoms with Crippen LogP contribution in [0.2, 0.25) is 10.0 Å². The van der Waals surface area contributed by atoms with E-state index in [0.717, 1.165) is 22.0 Å². The van der Waals surface area contributed by atoms with Crippen LogP contribution in [0.15, 0.2) is 66.5 Å². The number of fused-ring (bicyclic) bond motifs is 1. The molecule has 0 radical (unpaired) electrons. The highest BCUT2D eigenvalue weighted by Crippen LogP contribution is 2.31. The van der Waals surface area contributed by atoms with E-state index in [9.17, 15) is 9.59 Å². The number of methoxy groups -OCH3 is 1. The molecule has 0 bridgehead atoms. The van der Waals surface area contributed by atoms with Gasteiger partial charge in [0.2, 0.25) is 5.88 Å². The van der Waals surface area contributed by atoms with Crippen LogP contribution in [0.4, 0.5) is 0 Å². The second-order valence-corrected chi connectivity index (χ2v) is 9.45. The molecule has 2 aromatic heterocycles. The average Bonchev–Trinajstić information content (AvgIpc) is 3.32. The standard InChI is InChI=1S/C28H25Cl2N3O4/c1-15(2)27(34)20(26(31)25-21(29)5-4-6-22(25)30)14-37-24-10-8-17(12-33-24)16-7-9-18-19(28(35)36-3)13-32-23(18)11-16/h4-13,15,32H,14,31H2,1-3H3/b26-20-. The summed E-state index contributed by atoms with van der Waals surface area (Å²) in [6, 6.07) is 14.3. The van der Waals surface area contributed by atoms with E-state index in [1.165, 1.54) is 7.11 Å². The molecule has 0 aliphatic carbocycles. The number of nitrogens with one attached hydrogen (secondary N) is 1. The zero-order chi connectivity index (χ0) is 26.7. The van der Waals surface area contributed by atoms with Crippen LogP contribution >= 0.6 is 23.2 Å². The Hall–Kier alpha value is -3.81. The van der Waals surface area contributed by atoms with Crippen LogP contribution in [0.3, 0.4) is 0 Å². The first-order valence-corrected chi connectivity index (χ1v) is 12.2. The SMILES string of the molecule is COC(=O)c1c[nH]c2cc(-c3ccc(OC/C(C(=O)C(C)C)=C(/N)c4c(Cl)cccc4Cl)nc3)ccc12. The van der Waals surface area contributed by atoms with E-state index in [2.05, 4.69) is 9.97 Å². The monoisotopic (exact) mass is 537 g/mol. The molecule has 2 aromatic carbocycles. The lowest BCUT2D eigenvalue weighted by Crippen LogP contribution is -2.21. The summed E-state index contributed by atoms with van der Waals surface area (Å²) in [7, 11) is 1.35. The average molecular weight is 538 g/mol. The van der Waals surface area contributed by atoms with Gasteiger partial charge in [-0.25, -0.2) is 9.78 Å². The fraction of sp³-hybridized carbons (Fsp3) is 0.179. The smallest absolute Gasteiger partial charge is 0.340 e. The van der Waals surface area contributed by atoms with Crippen molar-refractivity contribution in [2.24, 2.45) is 11.7 Å². The van der Waals surface area contributed by atoms with Gasteiger partial charge in [0.25, 0.3) is 0 Å². The number of hydrogen-bond donors (Lipinski definition) is 2. The van der Waals surface area contributed by atoms with E-state index in [-0.39, 0.29) is 29.6 Å². The lowest BCUT2D eigenvalue weighted by molar-refractivity contribution is -0.118. The first kappa shape index (κ1) is 26.3. The highest BCUT2D eigenvalue weighted by Gasteiger charge is 2.22. The van der Waals surface area contributed by atoms with Crippen molar-refractivity contribution in [2.45, 2.75) is 13.8 Å². The highest BCUT2D eigenvalue weighted by atomic mass is 35.5. The van der Waals surface area contributed by atoms with Gasteiger partial charge in [0.1, 0.15) is 6.61 Å². The van der Waals surface area contributed by atoms with Gasteiger partial charge in [0.05, 0.1) is 34.0 Å². The first-order chi connectivity index (χ1) is 17.7. The molecule has 0 saturated carbocycles. The number of pyridine rings is 1. The fourth-order valence-corrected chi connectivity index (χ4v) is 4.50. The number of nitrogens with zero attached hydrogens (tertiary/aromatic N) is 1. The number of carbonyl (C=O) groups excluding carboxylic acids is 2. The maximum absolute atomic E-state index is 13.0. The highest BCUT2D eigenvalue weighted by molar-refractivity contribution is 6.37. The van der Waals surface area contributed by atoms with Crippen LogP contribution in [0.1, 0.15) is 29.8 Å². The zero-order valence-corrected chi connectivity index (χ0v) is 22.0. The van der Waals surface area contributed by atoms with Crippen LogP contribution in [-0.4, -0.2) is 35.4 Å². The van der Waals surface area contributed by atoms with E-state index >= 15 is 0 Å². The molecule has 2 heterocycles. The van der Waals surface area contributed by atoms with Gasteiger partial charge in [0.15, 0.2) is 5.78 Å². The Balaban J connectivity index is 1.57. The Morgan fingerprint density at radius 3 is 2.38 bits per heavy atom. The zero-order valence-electron chi connectivity index (χ0n) is 20.5. The number of carbonyl (C=O) groups is 2. The van der Waals surface area contributed by atoms with E-state index in [4.69, 9.17) is 38.4 Å². The number of aromatic nitrogens is 2. The predicted molar refractivity (Wildman–Crippen MR) is 146 cm³/mol. The number of Topliss-reactive ketones (excluding diaryl/α,β-unsaturated/α-hetero) is 1. The molecule has 0 aliphatic rings. The first-order valence-electron chi connectivity index (χ1n) is 11.5. The van der Waals surface area contributed by atoms with Gasteiger partial charge in [-0.1, -0.05) is 55.2 Å². The molecule has 3 N–H and O–H groups in total. The molecule has 190 valence electrons. The largest absolute Gasteiger partial charge is 0.473 e. The molecule has 0 atom stereocenters. The van der Waals surface area contributed by atoms with Gasteiger partial charge in [-0.15, -0.1) is 0 Å². The number of esters is 1. The molecule has 4 rings (SSSR count). The van der Waals surface area contributed by atoms with E-state index in [1.54, 1.807) is 50.5 Å². The Morgan fingerprint density at radius 1 is 1.05 bits per heavy atom. The molecule has 37 heavy (non-hydrogen) atoms. The Kier molecular flexibility index (Phi) is 7.86. The van der Waals surface area contributed by atoms with Crippen molar-refractivity contribution in [3.8, 4) is 17.0 Å². The third-order valence-corrected chi connectivity index (χ3v) is 6.53. The van der Waals surface area contributed by atoms with Crippen LogP contribution in [-0.2, 0) is 9.53 Å². The van der Waals surface area contributed by atoms with Crippen molar-refractivity contribution in [3.63, 3.8) is 0 Å². The number of ketones is 1. The van der Waals surface area contributed by atoms with Gasteiger partial charge in [-0.3, -0.25) is 4.79 Å². The minimum atomic E-state index is -0.399. The number of aromatic amines is 1. The topological polar surface area (TPSA) is 107 Å². The molecule has 4 aromatic rings. The summed E-state index contributed by atoms with van der Waals surface area (Å²) < 4.78 is 10.7. The second kappa shape index (κ2) is 11.1. The third kappa shape index (κ3) is 5.48. The molecule has 0 fully saturated rings. The molecule has 0 saturated heterocycles. The Bertz CT molecular complexity index is 1490. The molecule has 0 amide bonds. The Morgan fingerprint density at radius 2 is 1.76 bits per heavy atom. The van der Waals surface area contributed by atoms with Crippen molar-refractivity contribution < 1.29 is 19.1 Å². The van der Waals surface area contributed by atoms with Crippen LogP contribution < -0.4 is 10.5 Å². The molecule has 9 heteroatoms. The number of nitrogens with two attached hydrogens (primary N) is 1. The van der Waals surface area contributed by atoms with Crippen LogP contribution in [0.25, 0.3) is 27.7 Å². The number of H-pyrrole nitrogens is 1. The Labute approximate surface area is 224 Å². The third-order valence-electron chi connectivity index (χ3n) is 5.90. The quantitative estimate of drug-likeness (QED) is 0.202. The fourth-order valence-electron chi connectivity index (χ4n) is 3.90. The minimum Gasteiger partial charge on any atom is -0.473 e. The summed E-state index contributed by atoms with van der Waals surface area (Å²) in [5.41, 5.74) is 10.2. The van der Waals surface area contributed by atoms with Crippen molar-refractivity contribution in [1.82, 2.24) is 9.97 Å². The van der Waals surface area contributed by atoms with Gasteiger partial charge in [-0.2, -0.15) is 0 Å². The molecule has 0 spiro atoms.